The normalized spacial score (nSPS) is 12.5. The van der Waals surface area contributed by atoms with E-state index >= 15 is 0 Å². The summed E-state index contributed by atoms with van der Waals surface area (Å²) in [7, 11) is 1.54. The predicted molar refractivity (Wildman–Crippen MR) is 102 cm³/mol. The molecule has 2 aromatic rings. The zero-order valence-corrected chi connectivity index (χ0v) is 15.1. The molecule has 0 radical (unpaired) electrons. The Balaban J connectivity index is 2.01. The second-order valence-electron chi connectivity index (χ2n) is 5.86. The van der Waals surface area contributed by atoms with Gasteiger partial charge in [-0.2, -0.15) is 0 Å². The first kappa shape index (κ1) is 18.6. The van der Waals surface area contributed by atoms with Crippen molar-refractivity contribution in [1.29, 1.82) is 0 Å². The molecule has 5 heteroatoms. The average molecular weight is 341 g/mol. The number of guanidine groups is 1. The topological polar surface area (TPSA) is 65.9 Å². The van der Waals surface area contributed by atoms with Gasteiger partial charge in [-0.1, -0.05) is 49.4 Å². The van der Waals surface area contributed by atoms with Crippen molar-refractivity contribution in [3.63, 3.8) is 0 Å². The zero-order chi connectivity index (χ0) is 18.1. The van der Waals surface area contributed by atoms with E-state index in [0.29, 0.717) is 18.2 Å². The number of hydrogen-bond donors (Lipinski definition) is 3. The molecule has 2 rings (SSSR count). The lowest BCUT2D eigenvalue weighted by atomic mass is 10.0. The van der Waals surface area contributed by atoms with E-state index in [-0.39, 0.29) is 5.75 Å². The van der Waals surface area contributed by atoms with Crippen molar-refractivity contribution in [3.8, 4) is 11.5 Å². The first-order valence-electron chi connectivity index (χ1n) is 8.57. The Morgan fingerprint density at radius 2 is 1.88 bits per heavy atom. The quantitative estimate of drug-likeness (QED) is 0.534. The molecule has 1 unspecified atom stereocenters. The number of phenolic OH excluding ortho intramolecular Hbond substituents is 1. The first-order chi connectivity index (χ1) is 12.2. The van der Waals surface area contributed by atoms with Crippen LogP contribution in [-0.2, 0) is 6.54 Å². The Morgan fingerprint density at radius 3 is 2.56 bits per heavy atom. The van der Waals surface area contributed by atoms with Crippen LogP contribution in [0.3, 0.4) is 0 Å². The second kappa shape index (κ2) is 9.57. The summed E-state index contributed by atoms with van der Waals surface area (Å²) >= 11 is 0. The average Bonchev–Trinajstić information content (AvgIpc) is 2.65. The fourth-order valence-electron chi connectivity index (χ4n) is 2.52. The van der Waals surface area contributed by atoms with Crippen LogP contribution in [0.25, 0.3) is 0 Å². The molecule has 3 N–H and O–H groups in total. The van der Waals surface area contributed by atoms with Crippen molar-refractivity contribution in [3.05, 3.63) is 59.7 Å². The monoisotopic (exact) mass is 341 g/mol. The van der Waals surface area contributed by atoms with Crippen molar-refractivity contribution in [2.45, 2.75) is 26.3 Å². The summed E-state index contributed by atoms with van der Waals surface area (Å²) in [5, 5.41) is 16.8. The van der Waals surface area contributed by atoms with Gasteiger partial charge in [-0.05, 0) is 24.5 Å². The summed E-state index contributed by atoms with van der Waals surface area (Å²) in [6.07, 6.45) is 0. The van der Waals surface area contributed by atoms with E-state index in [1.807, 2.05) is 25.1 Å². The van der Waals surface area contributed by atoms with E-state index < -0.39 is 0 Å². The largest absolute Gasteiger partial charge is 0.504 e. The lowest BCUT2D eigenvalue weighted by molar-refractivity contribution is 0.370. The molecule has 0 heterocycles. The number of nitrogens with zero attached hydrogens (tertiary/aromatic N) is 1. The van der Waals surface area contributed by atoms with Crippen molar-refractivity contribution in [1.82, 2.24) is 10.6 Å². The molecule has 0 spiro atoms. The Bertz CT molecular complexity index is 687. The minimum absolute atomic E-state index is 0.141. The van der Waals surface area contributed by atoms with E-state index in [1.54, 1.807) is 13.2 Å². The van der Waals surface area contributed by atoms with Crippen LogP contribution >= 0.6 is 0 Å². The number of aliphatic imine (C=N–C) groups is 1. The van der Waals surface area contributed by atoms with E-state index in [2.05, 4.69) is 46.8 Å². The third-order valence-corrected chi connectivity index (χ3v) is 4.00. The fraction of sp³-hybridized carbons (Fsp3) is 0.350. The Kier molecular flexibility index (Phi) is 7.14. The zero-order valence-electron chi connectivity index (χ0n) is 15.1. The number of nitrogens with one attached hydrogen (secondary N) is 2. The van der Waals surface area contributed by atoms with Crippen LogP contribution in [-0.4, -0.2) is 31.3 Å². The van der Waals surface area contributed by atoms with Crippen molar-refractivity contribution < 1.29 is 9.84 Å². The summed E-state index contributed by atoms with van der Waals surface area (Å²) in [6.45, 7) is 6.13. The Morgan fingerprint density at radius 1 is 1.12 bits per heavy atom. The summed E-state index contributed by atoms with van der Waals surface area (Å²) in [5.41, 5.74) is 2.02. The third-order valence-electron chi connectivity index (χ3n) is 4.00. The van der Waals surface area contributed by atoms with Crippen LogP contribution in [0.5, 0.6) is 11.5 Å². The highest BCUT2D eigenvalue weighted by molar-refractivity contribution is 5.79. The standard InChI is InChI=1S/C20H27N3O2/c1-4-21-20(22-13-15(2)16-9-6-5-7-10-16)23-14-17-11-8-12-18(25-3)19(17)24/h5-12,15,24H,4,13-14H2,1-3H3,(H2,21,22,23). The molecule has 0 aliphatic rings. The van der Waals surface area contributed by atoms with Gasteiger partial charge in [0.15, 0.2) is 17.5 Å². The molecule has 0 saturated heterocycles. The molecule has 0 aromatic heterocycles. The molecular formula is C20H27N3O2. The summed E-state index contributed by atoms with van der Waals surface area (Å²) in [4.78, 5) is 4.56. The number of aromatic hydroxyl groups is 1. The van der Waals surface area contributed by atoms with Gasteiger partial charge >= 0.3 is 0 Å². The van der Waals surface area contributed by atoms with Gasteiger partial charge in [0.05, 0.1) is 13.7 Å². The molecule has 0 amide bonds. The molecule has 25 heavy (non-hydrogen) atoms. The summed E-state index contributed by atoms with van der Waals surface area (Å²) in [5.74, 6) is 1.70. The SMILES string of the molecule is CCNC(=NCc1cccc(OC)c1O)NCC(C)c1ccccc1. The van der Waals surface area contributed by atoms with E-state index in [0.717, 1.165) is 24.6 Å². The number of ether oxygens (including phenoxy) is 1. The van der Waals surface area contributed by atoms with Gasteiger partial charge in [-0.25, -0.2) is 4.99 Å². The number of methoxy groups -OCH3 is 1. The second-order valence-corrected chi connectivity index (χ2v) is 5.86. The van der Waals surface area contributed by atoms with Crippen LogP contribution in [0.15, 0.2) is 53.5 Å². The predicted octanol–water partition coefficient (Wildman–Crippen LogP) is 3.26. The van der Waals surface area contributed by atoms with E-state index in [9.17, 15) is 5.11 Å². The van der Waals surface area contributed by atoms with Gasteiger partial charge in [-0.3, -0.25) is 0 Å². The van der Waals surface area contributed by atoms with Crippen molar-refractivity contribution >= 4 is 5.96 Å². The highest BCUT2D eigenvalue weighted by atomic mass is 16.5. The minimum Gasteiger partial charge on any atom is -0.504 e. The number of benzene rings is 2. The van der Waals surface area contributed by atoms with Crippen LogP contribution in [0.1, 0.15) is 30.9 Å². The fourth-order valence-corrected chi connectivity index (χ4v) is 2.52. The highest BCUT2D eigenvalue weighted by Crippen LogP contribution is 2.29. The highest BCUT2D eigenvalue weighted by Gasteiger charge is 2.08. The molecule has 0 bridgehead atoms. The van der Waals surface area contributed by atoms with Gasteiger partial charge in [0.2, 0.25) is 0 Å². The minimum atomic E-state index is 0.141. The van der Waals surface area contributed by atoms with Crippen molar-refractivity contribution in [2.24, 2.45) is 4.99 Å². The van der Waals surface area contributed by atoms with E-state index in [1.165, 1.54) is 5.56 Å². The van der Waals surface area contributed by atoms with Crippen LogP contribution in [0, 0.1) is 0 Å². The number of phenols is 1. The van der Waals surface area contributed by atoms with Crippen LogP contribution < -0.4 is 15.4 Å². The maximum atomic E-state index is 10.2. The van der Waals surface area contributed by atoms with Gasteiger partial charge in [-0.15, -0.1) is 0 Å². The maximum absolute atomic E-state index is 10.2. The van der Waals surface area contributed by atoms with Gasteiger partial charge in [0.25, 0.3) is 0 Å². The molecule has 1 atom stereocenters. The summed E-state index contributed by atoms with van der Waals surface area (Å²) in [6, 6.07) is 15.8. The molecule has 0 fully saturated rings. The lowest BCUT2D eigenvalue weighted by Crippen LogP contribution is -2.39. The van der Waals surface area contributed by atoms with Gasteiger partial charge in [0.1, 0.15) is 0 Å². The number of rotatable bonds is 7. The maximum Gasteiger partial charge on any atom is 0.191 e. The Hall–Kier alpha value is -2.69. The molecule has 2 aromatic carbocycles. The molecule has 0 aliphatic carbocycles. The Labute approximate surface area is 149 Å². The lowest BCUT2D eigenvalue weighted by Gasteiger charge is -2.16. The molecule has 5 nitrogen and oxygen atoms in total. The molecule has 134 valence electrons. The molecule has 0 saturated carbocycles. The van der Waals surface area contributed by atoms with Crippen LogP contribution in [0.2, 0.25) is 0 Å². The number of para-hydroxylation sites is 1. The van der Waals surface area contributed by atoms with Crippen molar-refractivity contribution in [2.75, 3.05) is 20.2 Å². The van der Waals surface area contributed by atoms with Crippen LogP contribution in [0.4, 0.5) is 0 Å². The van der Waals surface area contributed by atoms with Gasteiger partial charge < -0.3 is 20.5 Å². The van der Waals surface area contributed by atoms with Gasteiger partial charge in [0, 0.05) is 18.7 Å². The molecule has 0 aliphatic heterocycles. The molecular weight excluding hydrogens is 314 g/mol. The third kappa shape index (κ3) is 5.41. The first-order valence-corrected chi connectivity index (χ1v) is 8.57. The number of hydrogen-bond acceptors (Lipinski definition) is 3. The summed E-state index contributed by atoms with van der Waals surface area (Å²) < 4.78 is 5.14. The van der Waals surface area contributed by atoms with E-state index in [4.69, 9.17) is 4.74 Å². The smallest absolute Gasteiger partial charge is 0.191 e.